The Balaban J connectivity index is 1.89. The first kappa shape index (κ1) is 22.6. The highest BCUT2D eigenvalue weighted by Gasteiger charge is 2.32. The largest absolute Gasteiger partial charge is 0.494 e. The lowest BCUT2D eigenvalue weighted by molar-refractivity contribution is -0.125. The van der Waals surface area contributed by atoms with Crippen molar-refractivity contribution in [1.29, 1.82) is 0 Å². The molecule has 1 aliphatic rings. The van der Waals surface area contributed by atoms with E-state index in [9.17, 15) is 21.6 Å². The molecule has 28 heavy (non-hydrogen) atoms. The molecule has 1 heterocycles. The Morgan fingerprint density at radius 3 is 2.25 bits per heavy atom. The average molecular weight is 433 g/mol. The standard InChI is InChI=1S/C18H28N2O6S2/c1-3-26-16-5-7-17(8-6-16)28(24,25)20-12-9-15(10-13-20)18(21)19-11-14-27(22,23)4-2/h5-8,15H,3-4,9-14H2,1-2H3,(H,19,21). The summed E-state index contributed by atoms with van der Waals surface area (Å²) in [5.74, 6) is 0.0488. The van der Waals surface area contributed by atoms with E-state index in [-0.39, 0.29) is 47.9 Å². The van der Waals surface area contributed by atoms with Gasteiger partial charge < -0.3 is 10.1 Å². The minimum atomic E-state index is -3.62. The number of nitrogens with zero attached hydrogens (tertiary/aromatic N) is 1. The molecule has 1 aromatic carbocycles. The summed E-state index contributed by atoms with van der Waals surface area (Å²) in [7, 11) is -6.74. The minimum Gasteiger partial charge on any atom is -0.494 e. The molecule has 0 aliphatic carbocycles. The topological polar surface area (TPSA) is 110 Å². The third-order valence-electron chi connectivity index (χ3n) is 4.75. The van der Waals surface area contributed by atoms with Gasteiger partial charge in [-0.05, 0) is 44.0 Å². The molecule has 0 bridgehead atoms. The molecule has 1 amide bonds. The van der Waals surface area contributed by atoms with Crippen LogP contribution in [0, 0.1) is 5.92 Å². The van der Waals surface area contributed by atoms with E-state index in [1.165, 1.54) is 16.4 Å². The molecule has 0 radical (unpaired) electrons. The van der Waals surface area contributed by atoms with Gasteiger partial charge in [0.2, 0.25) is 15.9 Å². The summed E-state index contributed by atoms with van der Waals surface area (Å²) in [4.78, 5) is 12.4. The number of piperidine rings is 1. The van der Waals surface area contributed by atoms with Crippen LogP contribution in [0.5, 0.6) is 5.75 Å². The lowest BCUT2D eigenvalue weighted by atomic mass is 9.97. The monoisotopic (exact) mass is 432 g/mol. The van der Waals surface area contributed by atoms with Crippen LogP contribution in [-0.4, -0.2) is 64.8 Å². The predicted molar refractivity (Wildman–Crippen MR) is 106 cm³/mol. The van der Waals surface area contributed by atoms with Crippen molar-refractivity contribution in [2.24, 2.45) is 5.92 Å². The van der Waals surface area contributed by atoms with Crippen LogP contribution in [0.25, 0.3) is 0 Å². The van der Waals surface area contributed by atoms with E-state index < -0.39 is 19.9 Å². The van der Waals surface area contributed by atoms with Crippen molar-refractivity contribution in [3.05, 3.63) is 24.3 Å². The lowest BCUT2D eigenvalue weighted by Gasteiger charge is -2.30. The van der Waals surface area contributed by atoms with Crippen LogP contribution in [0.4, 0.5) is 0 Å². The van der Waals surface area contributed by atoms with Crippen molar-refractivity contribution in [3.8, 4) is 5.75 Å². The van der Waals surface area contributed by atoms with Gasteiger partial charge in [0.25, 0.3) is 0 Å². The average Bonchev–Trinajstić information content (AvgIpc) is 2.68. The molecule has 158 valence electrons. The van der Waals surface area contributed by atoms with Gasteiger partial charge in [0.05, 0.1) is 17.3 Å². The first-order chi connectivity index (χ1) is 13.2. The smallest absolute Gasteiger partial charge is 0.243 e. The third-order valence-corrected chi connectivity index (χ3v) is 8.37. The number of ether oxygens (including phenoxy) is 1. The van der Waals surface area contributed by atoms with E-state index in [1.807, 2.05) is 6.92 Å². The van der Waals surface area contributed by atoms with Gasteiger partial charge in [-0.15, -0.1) is 0 Å². The van der Waals surface area contributed by atoms with Gasteiger partial charge in [-0.3, -0.25) is 4.79 Å². The van der Waals surface area contributed by atoms with E-state index in [1.54, 1.807) is 19.1 Å². The Kier molecular flexibility index (Phi) is 7.85. The van der Waals surface area contributed by atoms with Crippen molar-refractivity contribution in [3.63, 3.8) is 0 Å². The van der Waals surface area contributed by atoms with Crippen LogP contribution < -0.4 is 10.1 Å². The zero-order valence-corrected chi connectivity index (χ0v) is 17.9. The highest BCUT2D eigenvalue weighted by atomic mass is 32.2. The Bertz CT molecular complexity index is 858. The molecule has 8 nitrogen and oxygen atoms in total. The highest BCUT2D eigenvalue weighted by Crippen LogP contribution is 2.25. The molecule has 2 rings (SSSR count). The number of nitrogens with one attached hydrogen (secondary N) is 1. The quantitative estimate of drug-likeness (QED) is 0.624. The van der Waals surface area contributed by atoms with E-state index in [4.69, 9.17) is 4.74 Å². The first-order valence-corrected chi connectivity index (χ1v) is 12.7. The molecule has 1 fully saturated rings. The molecule has 0 atom stereocenters. The molecule has 0 saturated carbocycles. The zero-order valence-electron chi connectivity index (χ0n) is 16.3. The van der Waals surface area contributed by atoms with Crippen molar-refractivity contribution in [2.45, 2.75) is 31.6 Å². The van der Waals surface area contributed by atoms with Crippen LogP contribution in [0.1, 0.15) is 26.7 Å². The second-order valence-electron chi connectivity index (χ2n) is 6.61. The van der Waals surface area contributed by atoms with Gasteiger partial charge in [0, 0.05) is 31.3 Å². The van der Waals surface area contributed by atoms with Crippen molar-refractivity contribution >= 4 is 25.8 Å². The number of hydrogen-bond donors (Lipinski definition) is 1. The van der Waals surface area contributed by atoms with E-state index in [0.717, 1.165) is 0 Å². The van der Waals surface area contributed by atoms with Crippen LogP contribution >= 0.6 is 0 Å². The normalized spacial score (nSPS) is 16.6. The Morgan fingerprint density at radius 1 is 1.11 bits per heavy atom. The Morgan fingerprint density at radius 2 is 1.71 bits per heavy atom. The first-order valence-electron chi connectivity index (χ1n) is 9.40. The number of sulfonamides is 1. The van der Waals surface area contributed by atoms with Crippen LogP contribution in [0.3, 0.4) is 0 Å². The van der Waals surface area contributed by atoms with Crippen LogP contribution in [0.2, 0.25) is 0 Å². The Hall–Kier alpha value is -1.65. The summed E-state index contributed by atoms with van der Waals surface area (Å²) in [5, 5.41) is 2.65. The number of amides is 1. The Labute approximate surface area is 167 Å². The molecule has 0 spiro atoms. The lowest BCUT2D eigenvalue weighted by Crippen LogP contribution is -2.43. The fourth-order valence-corrected chi connectivity index (χ4v) is 5.17. The fraction of sp³-hybridized carbons (Fsp3) is 0.611. The van der Waals surface area contributed by atoms with Gasteiger partial charge in [-0.25, -0.2) is 16.8 Å². The molecular formula is C18H28N2O6S2. The van der Waals surface area contributed by atoms with Crippen molar-refractivity contribution in [2.75, 3.05) is 37.7 Å². The summed E-state index contributed by atoms with van der Waals surface area (Å²) >= 11 is 0. The number of sulfone groups is 1. The number of carbonyl (C=O) groups excluding carboxylic acids is 1. The van der Waals surface area contributed by atoms with E-state index in [2.05, 4.69) is 5.32 Å². The summed E-state index contributed by atoms with van der Waals surface area (Å²) in [6.45, 7) is 4.51. The number of carbonyl (C=O) groups is 1. The maximum Gasteiger partial charge on any atom is 0.243 e. The van der Waals surface area contributed by atoms with Gasteiger partial charge in [-0.2, -0.15) is 4.31 Å². The molecule has 1 aromatic rings. The number of hydrogen-bond acceptors (Lipinski definition) is 6. The fourth-order valence-electron chi connectivity index (χ4n) is 3.00. The second kappa shape index (κ2) is 9.71. The predicted octanol–water partition coefficient (Wildman–Crippen LogP) is 1.04. The minimum absolute atomic E-state index is 0.0463. The van der Waals surface area contributed by atoms with Gasteiger partial charge in [0.1, 0.15) is 5.75 Å². The summed E-state index contributed by atoms with van der Waals surface area (Å²) in [6, 6.07) is 6.29. The van der Waals surface area contributed by atoms with E-state index >= 15 is 0 Å². The maximum absolute atomic E-state index is 12.8. The highest BCUT2D eigenvalue weighted by molar-refractivity contribution is 7.91. The van der Waals surface area contributed by atoms with Crippen molar-refractivity contribution in [1.82, 2.24) is 9.62 Å². The summed E-state index contributed by atoms with van der Waals surface area (Å²) < 4.78 is 55.2. The van der Waals surface area contributed by atoms with Gasteiger partial charge in [-0.1, -0.05) is 6.92 Å². The summed E-state index contributed by atoms with van der Waals surface area (Å²) in [6.07, 6.45) is 0.811. The number of benzene rings is 1. The summed E-state index contributed by atoms with van der Waals surface area (Å²) in [5.41, 5.74) is 0. The van der Waals surface area contributed by atoms with E-state index in [0.29, 0.717) is 25.2 Å². The molecular weight excluding hydrogens is 404 g/mol. The van der Waals surface area contributed by atoms with Crippen molar-refractivity contribution < 1.29 is 26.4 Å². The molecule has 0 aromatic heterocycles. The van der Waals surface area contributed by atoms with Gasteiger partial charge in [0.15, 0.2) is 9.84 Å². The third kappa shape index (κ3) is 5.92. The SMILES string of the molecule is CCOc1ccc(S(=O)(=O)N2CCC(C(=O)NCCS(=O)(=O)CC)CC2)cc1. The molecule has 1 aliphatic heterocycles. The second-order valence-corrected chi connectivity index (χ2v) is 11.0. The maximum atomic E-state index is 12.8. The molecule has 0 unspecified atom stereocenters. The van der Waals surface area contributed by atoms with Gasteiger partial charge >= 0.3 is 0 Å². The van der Waals surface area contributed by atoms with Crippen LogP contribution in [-0.2, 0) is 24.7 Å². The molecule has 1 N–H and O–H groups in total. The molecule has 10 heteroatoms. The van der Waals surface area contributed by atoms with Crippen LogP contribution in [0.15, 0.2) is 29.2 Å². The number of rotatable bonds is 9. The zero-order chi connectivity index (χ0) is 20.8. The molecule has 1 saturated heterocycles.